The fourth-order valence-electron chi connectivity index (χ4n) is 2.90. The number of nitrogens with zero attached hydrogens (tertiary/aromatic N) is 4. The van der Waals surface area contributed by atoms with Gasteiger partial charge in [0.05, 0.1) is 16.6 Å². The lowest BCUT2D eigenvalue weighted by Gasteiger charge is -2.09. The van der Waals surface area contributed by atoms with Crippen molar-refractivity contribution in [3.63, 3.8) is 0 Å². The number of fused-ring (bicyclic) bond motifs is 3. The molecule has 0 radical (unpaired) electrons. The lowest BCUT2D eigenvalue weighted by Crippen LogP contribution is -1.97. The molecule has 0 amide bonds. The van der Waals surface area contributed by atoms with E-state index in [1.54, 1.807) is 34.9 Å². The zero-order valence-corrected chi connectivity index (χ0v) is 13.1. The number of rotatable bonds is 1. The highest BCUT2D eigenvalue weighted by Crippen LogP contribution is 2.32. The van der Waals surface area contributed by atoms with E-state index >= 15 is 0 Å². The number of halogens is 1. The molecule has 0 aliphatic carbocycles. The van der Waals surface area contributed by atoms with Gasteiger partial charge < -0.3 is 0 Å². The molecule has 0 atom stereocenters. The van der Waals surface area contributed by atoms with Crippen molar-refractivity contribution in [2.45, 2.75) is 0 Å². The van der Waals surface area contributed by atoms with E-state index in [1.165, 1.54) is 0 Å². The number of imidazole rings is 1. The molecule has 0 bridgehead atoms. The Morgan fingerprint density at radius 3 is 2.42 bits per heavy atom. The van der Waals surface area contributed by atoms with Crippen LogP contribution in [0.25, 0.3) is 27.8 Å². The standard InChI is InChI=1S/C19H9ClN4/c20-14-7-5-12(6-8-14)18-13(9-21)11-24-17-4-2-1-3-16(17)23-19(24)15(18)10-22/h1-8,11H. The van der Waals surface area contributed by atoms with Crippen LogP contribution in [0.15, 0.2) is 54.7 Å². The fraction of sp³-hybridized carbons (Fsp3) is 0. The summed E-state index contributed by atoms with van der Waals surface area (Å²) in [7, 11) is 0. The van der Waals surface area contributed by atoms with Crippen molar-refractivity contribution in [2.24, 2.45) is 0 Å². The van der Waals surface area contributed by atoms with E-state index in [4.69, 9.17) is 11.6 Å². The Morgan fingerprint density at radius 1 is 0.958 bits per heavy atom. The maximum absolute atomic E-state index is 9.74. The molecule has 2 heterocycles. The van der Waals surface area contributed by atoms with Crippen LogP contribution >= 0.6 is 11.6 Å². The van der Waals surface area contributed by atoms with E-state index in [9.17, 15) is 10.5 Å². The van der Waals surface area contributed by atoms with E-state index < -0.39 is 0 Å². The molecule has 0 saturated heterocycles. The summed E-state index contributed by atoms with van der Waals surface area (Å²) in [6, 6.07) is 19.1. The number of para-hydroxylation sites is 2. The molecular weight excluding hydrogens is 320 g/mol. The van der Waals surface area contributed by atoms with Gasteiger partial charge in [-0.1, -0.05) is 35.9 Å². The largest absolute Gasteiger partial charge is 0.297 e. The van der Waals surface area contributed by atoms with E-state index in [0.717, 1.165) is 16.6 Å². The number of pyridine rings is 1. The highest BCUT2D eigenvalue weighted by atomic mass is 35.5. The highest BCUT2D eigenvalue weighted by Gasteiger charge is 2.18. The van der Waals surface area contributed by atoms with Crippen LogP contribution < -0.4 is 0 Å². The molecule has 0 aliphatic heterocycles. The summed E-state index contributed by atoms with van der Waals surface area (Å²) in [6.07, 6.45) is 1.73. The van der Waals surface area contributed by atoms with Gasteiger partial charge in [0.1, 0.15) is 17.7 Å². The molecule has 4 aromatic rings. The minimum Gasteiger partial charge on any atom is -0.297 e. The third kappa shape index (κ3) is 2.02. The summed E-state index contributed by atoms with van der Waals surface area (Å²) in [4.78, 5) is 4.57. The molecule has 0 aliphatic rings. The Morgan fingerprint density at radius 2 is 1.71 bits per heavy atom. The van der Waals surface area contributed by atoms with Crippen molar-refractivity contribution in [2.75, 3.05) is 0 Å². The Balaban J connectivity index is 2.17. The average Bonchev–Trinajstić information content (AvgIpc) is 2.99. The molecule has 24 heavy (non-hydrogen) atoms. The SMILES string of the molecule is N#Cc1cn2c(nc3ccccc32)c(C#N)c1-c1ccc(Cl)cc1. The van der Waals surface area contributed by atoms with Gasteiger partial charge in [-0.3, -0.25) is 4.40 Å². The van der Waals surface area contributed by atoms with Crippen LogP contribution in [0.3, 0.4) is 0 Å². The smallest absolute Gasteiger partial charge is 0.156 e. The molecule has 0 saturated carbocycles. The third-order valence-electron chi connectivity index (χ3n) is 3.96. The molecule has 112 valence electrons. The maximum atomic E-state index is 9.74. The quantitative estimate of drug-likeness (QED) is 0.515. The summed E-state index contributed by atoms with van der Waals surface area (Å²) < 4.78 is 1.80. The summed E-state index contributed by atoms with van der Waals surface area (Å²) in [5.41, 5.74) is 4.34. The second-order valence-electron chi connectivity index (χ2n) is 5.32. The number of aromatic nitrogens is 2. The van der Waals surface area contributed by atoms with E-state index in [2.05, 4.69) is 17.1 Å². The molecule has 2 aromatic carbocycles. The first-order valence-electron chi connectivity index (χ1n) is 7.23. The maximum Gasteiger partial charge on any atom is 0.156 e. The van der Waals surface area contributed by atoms with Crippen molar-refractivity contribution in [3.8, 4) is 23.3 Å². The normalized spacial score (nSPS) is 10.6. The van der Waals surface area contributed by atoms with E-state index in [1.807, 2.05) is 24.3 Å². The summed E-state index contributed by atoms with van der Waals surface area (Å²) >= 11 is 5.95. The zero-order chi connectivity index (χ0) is 16.7. The molecule has 4 nitrogen and oxygen atoms in total. The molecule has 0 N–H and O–H groups in total. The molecular formula is C19H9ClN4. The van der Waals surface area contributed by atoms with Crippen LogP contribution in [0.4, 0.5) is 0 Å². The van der Waals surface area contributed by atoms with Crippen LogP contribution in [0.5, 0.6) is 0 Å². The Kier molecular flexibility index (Phi) is 3.20. The predicted molar refractivity (Wildman–Crippen MR) is 92.6 cm³/mol. The van der Waals surface area contributed by atoms with Gasteiger partial charge >= 0.3 is 0 Å². The van der Waals surface area contributed by atoms with Gasteiger partial charge in [0.25, 0.3) is 0 Å². The molecule has 2 aromatic heterocycles. The van der Waals surface area contributed by atoms with Crippen LogP contribution in [0.1, 0.15) is 11.1 Å². The van der Waals surface area contributed by atoms with Crippen LogP contribution in [0, 0.1) is 22.7 Å². The van der Waals surface area contributed by atoms with Crippen molar-refractivity contribution < 1.29 is 0 Å². The van der Waals surface area contributed by atoms with Gasteiger partial charge in [-0.05, 0) is 29.8 Å². The molecule has 0 unspecified atom stereocenters. The minimum absolute atomic E-state index is 0.382. The molecule has 0 spiro atoms. The number of nitriles is 2. The van der Waals surface area contributed by atoms with Crippen molar-refractivity contribution in [3.05, 3.63) is 70.9 Å². The molecule has 0 fully saturated rings. The average molecular weight is 329 g/mol. The lowest BCUT2D eigenvalue weighted by molar-refractivity contribution is 1.20. The lowest BCUT2D eigenvalue weighted by atomic mass is 9.97. The Labute approximate surface area is 142 Å². The highest BCUT2D eigenvalue weighted by molar-refractivity contribution is 6.30. The van der Waals surface area contributed by atoms with Crippen LogP contribution in [0.2, 0.25) is 5.02 Å². The minimum atomic E-state index is 0.382. The fourth-order valence-corrected chi connectivity index (χ4v) is 3.02. The van der Waals surface area contributed by atoms with Crippen LogP contribution in [-0.2, 0) is 0 Å². The first-order valence-corrected chi connectivity index (χ1v) is 7.60. The Hall–Kier alpha value is -3.34. The van der Waals surface area contributed by atoms with Gasteiger partial charge in [-0.15, -0.1) is 0 Å². The number of hydrogen-bond acceptors (Lipinski definition) is 3. The zero-order valence-electron chi connectivity index (χ0n) is 12.4. The van der Waals surface area contributed by atoms with E-state index in [-0.39, 0.29) is 0 Å². The van der Waals surface area contributed by atoms with E-state index in [0.29, 0.717) is 27.4 Å². The first kappa shape index (κ1) is 14.3. The van der Waals surface area contributed by atoms with Crippen molar-refractivity contribution in [1.29, 1.82) is 10.5 Å². The predicted octanol–water partition coefficient (Wildman–Crippen LogP) is 4.55. The first-order chi connectivity index (χ1) is 11.7. The summed E-state index contributed by atoms with van der Waals surface area (Å²) in [5.74, 6) is 0. The van der Waals surface area contributed by atoms with Gasteiger partial charge in [0, 0.05) is 16.8 Å². The van der Waals surface area contributed by atoms with Crippen molar-refractivity contribution >= 4 is 28.3 Å². The summed E-state index contributed by atoms with van der Waals surface area (Å²) in [5, 5.41) is 19.9. The number of hydrogen-bond donors (Lipinski definition) is 0. The topological polar surface area (TPSA) is 64.9 Å². The monoisotopic (exact) mass is 328 g/mol. The van der Waals surface area contributed by atoms with Crippen molar-refractivity contribution in [1.82, 2.24) is 9.38 Å². The van der Waals surface area contributed by atoms with Crippen LogP contribution in [-0.4, -0.2) is 9.38 Å². The number of benzene rings is 2. The van der Waals surface area contributed by atoms with Gasteiger partial charge in [0.15, 0.2) is 5.65 Å². The van der Waals surface area contributed by atoms with Gasteiger partial charge in [-0.25, -0.2) is 4.98 Å². The van der Waals surface area contributed by atoms with Gasteiger partial charge in [0.2, 0.25) is 0 Å². The molecule has 4 rings (SSSR count). The second kappa shape index (κ2) is 5.38. The Bertz CT molecular complexity index is 1170. The second-order valence-corrected chi connectivity index (χ2v) is 5.75. The third-order valence-corrected chi connectivity index (χ3v) is 4.21. The molecule has 5 heteroatoms. The summed E-state index contributed by atoms with van der Waals surface area (Å²) in [6.45, 7) is 0. The van der Waals surface area contributed by atoms with Gasteiger partial charge in [-0.2, -0.15) is 10.5 Å².